The minimum absolute atomic E-state index is 0.0597. The Labute approximate surface area is 198 Å². The summed E-state index contributed by atoms with van der Waals surface area (Å²) in [5.74, 6) is 0.220. The van der Waals surface area contributed by atoms with Crippen LogP contribution in [0.5, 0.6) is 0 Å². The summed E-state index contributed by atoms with van der Waals surface area (Å²) in [6, 6.07) is 26.4. The Bertz CT molecular complexity index is 1230. The lowest BCUT2D eigenvalue weighted by Gasteiger charge is -2.28. The van der Waals surface area contributed by atoms with Gasteiger partial charge in [0.2, 0.25) is 5.91 Å². The molecule has 4 aromatic rings. The first-order valence-corrected chi connectivity index (χ1v) is 12.3. The molecule has 1 fully saturated rings. The van der Waals surface area contributed by atoms with Crippen LogP contribution < -0.4 is 10.2 Å². The van der Waals surface area contributed by atoms with Crippen molar-refractivity contribution in [2.24, 2.45) is 0 Å². The van der Waals surface area contributed by atoms with E-state index in [0.717, 1.165) is 45.8 Å². The summed E-state index contributed by atoms with van der Waals surface area (Å²) in [6.07, 6.45) is 3.87. The van der Waals surface area contributed by atoms with E-state index >= 15 is 0 Å². The van der Waals surface area contributed by atoms with Crippen LogP contribution in [0.1, 0.15) is 19.3 Å². The van der Waals surface area contributed by atoms with Crippen LogP contribution in [0.4, 0.5) is 11.4 Å². The molecule has 1 N–H and O–H groups in total. The van der Waals surface area contributed by atoms with Gasteiger partial charge < -0.3 is 10.2 Å². The highest BCUT2D eigenvalue weighted by Crippen LogP contribution is 2.26. The van der Waals surface area contributed by atoms with Crippen LogP contribution >= 0.6 is 11.8 Å². The normalized spacial score (nSPS) is 13.8. The molecule has 0 aliphatic carbocycles. The minimum atomic E-state index is -0.0597. The second-order valence-corrected chi connectivity index (χ2v) is 9.21. The van der Waals surface area contributed by atoms with Gasteiger partial charge in [-0.05, 0) is 55.0 Å². The van der Waals surface area contributed by atoms with Crippen molar-refractivity contribution in [1.29, 1.82) is 0 Å². The molecule has 1 aromatic heterocycles. The van der Waals surface area contributed by atoms with Crippen molar-refractivity contribution in [2.75, 3.05) is 29.1 Å². The molecular formula is C27H26N4OS. The van der Waals surface area contributed by atoms with E-state index < -0.39 is 0 Å². The summed E-state index contributed by atoms with van der Waals surface area (Å²) in [5, 5.41) is 14.6. The molecule has 0 saturated carbocycles. The van der Waals surface area contributed by atoms with Gasteiger partial charge in [0.05, 0.1) is 11.4 Å². The highest BCUT2D eigenvalue weighted by molar-refractivity contribution is 7.99. The maximum atomic E-state index is 12.5. The minimum Gasteiger partial charge on any atom is -0.372 e. The van der Waals surface area contributed by atoms with E-state index in [0.29, 0.717) is 0 Å². The molecule has 1 saturated heterocycles. The first-order chi connectivity index (χ1) is 16.3. The van der Waals surface area contributed by atoms with Gasteiger partial charge in [0.25, 0.3) is 0 Å². The maximum Gasteiger partial charge on any atom is 0.234 e. The van der Waals surface area contributed by atoms with Gasteiger partial charge in [-0.2, -0.15) is 0 Å². The summed E-state index contributed by atoms with van der Waals surface area (Å²) in [5.41, 5.74) is 3.99. The molecule has 1 aliphatic rings. The van der Waals surface area contributed by atoms with Crippen LogP contribution in [0.3, 0.4) is 0 Å². The summed E-state index contributed by atoms with van der Waals surface area (Å²) >= 11 is 1.39. The van der Waals surface area contributed by atoms with E-state index in [1.54, 1.807) is 0 Å². The van der Waals surface area contributed by atoms with Gasteiger partial charge in [-0.3, -0.25) is 4.79 Å². The molecule has 0 radical (unpaired) electrons. The summed E-state index contributed by atoms with van der Waals surface area (Å²) < 4.78 is 0. The quantitative estimate of drug-likeness (QED) is 0.361. The first kappa shape index (κ1) is 21.5. The highest BCUT2D eigenvalue weighted by atomic mass is 32.2. The summed E-state index contributed by atoms with van der Waals surface area (Å²) in [4.78, 5) is 14.9. The Morgan fingerprint density at radius 3 is 2.42 bits per heavy atom. The fourth-order valence-electron chi connectivity index (χ4n) is 4.21. The molecule has 5 rings (SSSR count). The molecular weight excluding hydrogens is 428 g/mol. The third-order valence-corrected chi connectivity index (χ3v) is 6.86. The van der Waals surface area contributed by atoms with Crippen molar-refractivity contribution < 1.29 is 4.79 Å². The van der Waals surface area contributed by atoms with Gasteiger partial charge in [-0.25, -0.2) is 0 Å². The number of anilines is 2. The van der Waals surface area contributed by atoms with Gasteiger partial charge >= 0.3 is 0 Å². The SMILES string of the molecule is O=C(CSc1ccc(-c2ccc(N3CCCCC3)cc2)nn1)Nc1cccc2ccccc12. The number of fused-ring (bicyclic) bond motifs is 1. The van der Waals surface area contributed by atoms with E-state index in [1.807, 2.05) is 54.6 Å². The number of nitrogens with one attached hydrogen (secondary N) is 1. The van der Waals surface area contributed by atoms with E-state index in [1.165, 1.54) is 36.7 Å². The van der Waals surface area contributed by atoms with Crippen LogP contribution in [0, 0.1) is 0 Å². The zero-order valence-electron chi connectivity index (χ0n) is 18.4. The Balaban J connectivity index is 1.18. The van der Waals surface area contributed by atoms with Crippen molar-refractivity contribution in [3.8, 4) is 11.3 Å². The average molecular weight is 455 g/mol. The van der Waals surface area contributed by atoms with Crippen molar-refractivity contribution in [3.63, 3.8) is 0 Å². The van der Waals surface area contributed by atoms with E-state index in [2.05, 4.69) is 44.7 Å². The summed E-state index contributed by atoms with van der Waals surface area (Å²) in [7, 11) is 0. The maximum absolute atomic E-state index is 12.5. The standard InChI is InChI=1S/C27H26N4OS/c32-26(28-25-10-6-8-20-7-2-3-9-23(20)25)19-33-27-16-15-24(29-30-27)21-11-13-22(14-12-21)31-17-4-1-5-18-31/h2-3,6-16H,1,4-5,17-19H2,(H,28,32). The zero-order chi connectivity index (χ0) is 22.5. The smallest absolute Gasteiger partial charge is 0.234 e. The predicted octanol–water partition coefficient (Wildman–Crippen LogP) is 6.02. The lowest BCUT2D eigenvalue weighted by Crippen LogP contribution is -2.29. The first-order valence-electron chi connectivity index (χ1n) is 11.4. The number of benzene rings is 3. The number of nitrogens with zero attached hydrogens (tertiary/aromatic N) is 3. The number of hydrogen-bond acceptors (Lipinski definition) is 5. The number of aromatic nitrogens is 2. The Morgan fingerprint density at radius 1 is 0.848 bits per heavy atom. The van der Waals surface area contributed by atoms with E-state index in [-0.39, 0.29) is 11.7 Å². The monoisotopic (exact) mass is 454 g/mol. The number of piperidine rings is 1. The molecule has 0 unspecified atom stereocenters. The number of amides is 1. The second-order valence-electron chi connectivity index (χ2n) is 8.21. The van der Waals surface area contributed by atoms with Crippen LogP contribution in [-0.2, 0) is 4.79 Å². The van der Waals surface area contributed by atoms with Crippen molar-refractivity contribution in [2.45, 2.75) is 24.3 Å². The lowest BCUT2D eigenvalue weighted by atomic mass is 10.1. The largest absolute Gasteiger partial charge is 0.372 e. The molecule has 33 heavy (non-hydrogen) atoms. The van der Waals surface area contributed by atoms with Gasteiger partial charge in [-0.15, -0.1) is 10.2 Å². The van der Waals surface area contributed by atoms with Gasteiger partial charge in [-0.1, -0.05) is 60.3 Å². The average Bonchev–Trinajstić information content (AvgIpc) is 2.89. The number of carbonyl (C=O) groups excluding carboxylic acids is 1. The number of hydrogen-bond donors (Lipinski definition) is 1. The van der Waals surface area contributed by atoms with Crippen LogP contribution in [0.25, 0.3) is 22.0 Å². The van der Waals surface area contributed by atoms with Crippen molar-refractivity contribution in [3.05, 3.63) is 78.9 Å². The van der Waals surface area contributed by atoms with Crippen molar-refractivity contribution >= 4 is 39.8 Å². The fraction of sp³-hybridized carbons (Fsp3) is 0.222. The molecule has 1 aliphatic heterocycles. The topological polar surface area (TPSA) is 58.1 Å². The van der Waals surface area contributed by atoms with E-state index in [4.69, 9.17) is 0 Å². The van der Waals surface area contributed by atoms with Crippen molar-refractivity contribution in [1.82, 2.24) is 10.2 Å². The fourth-order valence-corrected chi connectivity index (χ4v) is 4.82. The summed E-state index contributed by atoms with van der Waals surface area (Å²) in [6.45, 7) is 2.28. The molecule has 166 valence electrons. The molecule has 0 bridgehead atoms. The number of rotatable bonds is 6. The molecule has 1 amide bonds. The number of thioether (sulfide) groups is 1. The molecule has 6 heteroatoms. The Morgan fingerprint density at radius 2 is 1.64 bits per heavy atom. The van der Waals surface area contributed by atoms with Crippen LogP contribution in [0.2, 0.25) is 0 Å². The van der Waals surface area contributed by atoms with Crippen LogP contribution in [0.15, 0.2) is 83.9 Å². The molecule has 5 nitrogen and oxygen atoms in total. The van der Waals surface area contributed by atoms with Gasteiger partial charge in [0.1, 0.15) is 5.03 Å². The highest BCUT2D eigenvalue weighted by Gasteiger charge is 2.12. The third kappa shape index (κ3) is 5.17. The van der Waals surface area contributed by atoms with Gasteiger partial charge in [0, 0.05) is 35.4 Å². The van der Waals surface area contributed by atoms with Crippen LogP contribution in [-0.4, -0.2) is 34.9 Å². The molecule has 0 atom stereocenters. The molecule has 0 spiro atoms. The second kappa shape index (κ2) is 10.0. The predicted molar refractivity (Wildman–Crippen MR) is 137 cm³/mol. The van der Waals surface area contributed by atoms with Gasteiger partial charge in [0.15, 0.2) is 0 Å². The molecule has 2 heterocycles. The number of carbonyl (C=O) groups is 1. The Kier molecular flexibility index (Phi) is 6.53. The third-order valence-electron chi connectivity index (χ3n) is 5.94. The Hall–Kier alpha value is -3.38. The molecule has 3 aromatic carbocycles. The van der Waals surface area contributed by atoms with E-state index in [9.17, 15) is 4.79 Å². The zero-order valence-corrected chi connectivity index (χ0v) is 19.2. The lowest BCUT2D eigenvalue weighted by molar-refractivity contribution is -0.113.